The van der Waals surface area contributed by atoms with Gasteiger partial charge in [0, 0.05) is 32.1 Å². The number of aromatic nitrogens is 2. The maximum atomic E-state index is 11.4. The molecule has 2 saturated heterocycles. The predicted octanol–water partition coefficient (Wildman–Crippen LogP) is 0.592. The minimum Gasteiger partial charge on any atom is -0.481 e. The lowest BCUT2D eigenvalue weighted by molar-refractivity contribution is -0.119. The average molecular weight is 262 g/mol. The molecule has 0 unspecified atom stereocenters. The van der Waals surface area contributed by atoms with Gasteiger partial charge >= 0.3 is 0 Å². The molecule has 6 nitrogen and oxygen atoms in total. The zero-order valence-corrected chi connectivity index (χ0v) is 11.1. The topological polar surface area (TPSA) is 67.3 Å². The SMILES string of the molecule is COc1cc(N2CCC3(CC2)CNC(=O)C3)ncn1. The Morgan fingerprint density at radius 3 is 2.79 bits per heavy atom. The van der Waals surface area contributed by atoms with Gasteiger partial charge in [0.15, 0.2) is 0 Å². The maximum absolute atomic E-state index is 11.4. The van der Waals surface area contributed by atoms with E-state index in [0.717, 1.165) is 38.3 Å². The Balaban J connectivity index is 1.68. The molecule has 1 spiro atoms. The molecule has 3 rings (SSSR count). The van der Waals surface area contributed by atoms with Gasteiger partial charge in [0.25, 0.3) is 0 Å². The zero-order valence-electron chi connectivity index (χ0n) is 11.1. The highest BCUT2D eigenvalue weighted by atomic mass is 16.5. The van der Waals surface area contributed by atoms with E-state index in [9.17, 15) is 4.79 Å². The molecule has 6 heteroatoms. The molecular formula is C13H18N4O2. The molecule has 0 bridgehead atoms. The Bertz CT molecular complexity index is 483. The summed E-state index contributed by atoms with van der Waals surface area (Å²) in [6.45, 7) is 2.68. The highest BCUT2D eigenvalue weighted by molar-refractivity contribution is 5.79. The molecule has 0 radical (unpaired) electrons. The summed E-state index contributed by atoms with van der Waals surface area (Å²) >= 11 is 0. The second-order valence-electron chi connectivity index (χ2n) is 5.36. The quantitative estimate of drug-likeness (QED) is 0.845. The molecule has 0 aromatic carbocycles. The van der Waals surface area contributed by atoms with Crippen LogP contribution in [0.15, 0.2) is 12.4 Å². The molecule has 1 aromatic rings. The lowest BCUT2D eigenvalue weighted by atomic mass is 9.78. The largest absolute Gasteiger partial charge is 0.481 e. The van der Waals surface area contributed by atoms with Crippen molar-refractivity contribution in [2.75, 3.05) is 31.6 Å². The first-order valence-electron chi connectivity index (χ1n) is 6.58. The van der Waals surface area contributed by atoms with Crippen LogP contribution in [0.3, 0.4) is 0 Å². The van der Waals surface area contributed by atoms with Gasteiger partial charge in [-0.1, -0.05) is 0 Å². The van der Waals surface area contributed by atoms with E-state index in [2.05, 4.69) is 20.2 Å². The fourth-order valence-electron chi connectivity index (χ4n) is 2.93. The Morgan fingerprint density at radius 2 is 2.16 bits per heavy atom. The predicted molar refractivity (Wildman–Crippen MR) is 70.1 cm³/mol. The molecule has 2 fully saturated rings. The Kier molecular flexibility index (Phi) is 3.00. The van der Waals surface area contributed by atoms with Crippen LogP contribution < -0.4 is 15.0 Å². The normalized spacial score (nSPS) is 21.5. The number of hydrogen-bond acceptors (Lipinski definition) is 5. The molecule has 2 aliphatic rings. The lowest BCUT2D eigenvalue weighted by Gasteiger charge is -2.38. The van der Waals surface area contributed by atoms with Crippen molar-refractivity contribution in [1.29, 1.82) is 0 Å². The number of anilines is 1. The molecule has 1 N–H and O–H groups in total. The van der Waals surface area contributed by atoms with Crippen molar-refractivity contribution in [2.24, 2.45) is 5.41 Å². The third kappa shape index (κ3) is 2.34. The van der Waals surface area contributed by atoms with Crippen molar-refractivity contribution in [3.63, 3.8) is 0 Å². The summed E-state index contributed by atoms with van der Waals surface area (Å²) in [5.74, 6) is 1.68. The van der Waals surface area contributed by atoms with Crippen LogP contribution in [-0.4, -0.2) is 42.6 Å². The minimum absolute atomic E-state index is 0.171. The number of piperidine rings is 1. The standard InChI is InChI=1S/C13H18N4O2/c1-19-12-6-10(15-9-16-12)17-4-2-13(3-5-17)7-11(18)14-8-13/h6,9H,2-5,7-8H2,1H3,(H,14,18). The van der Waals surface area contributed by atoms with Crippen LogP contribution in [-0.2, 0) is 4.79 Å². The molecule has 1 aromatic heterocycles. The summed E-state index contributed by atoms with van der Waals surface area (Å²) in [5, 5.41) is 2.95. The van der Waals surface area contributed by atoms with Gasteiger partial charge in [-0.25, -0.2) is 9.97 Å². The van der Waals surface area contributed by atoms with Crippen LogP contribution in [0.1, 0.15) is 19.3 Å². The van der Waals surface area contributed by atoms with E-state index in [4.69, 9.17) is 4.74 Å². The smallest absolute Gasteiger partial charge is 0.220 e. The summed E-state index contributed by atoms with van der Waals surface area (Å²) < 4.78 is 5.12. The Morgan fingerprint density at radius 1 is 1.37 bits per heavy atom. The van der Waals surface area contributed by atoms with E-state index in [1.165, 1.54) is 6.33 Å². The van der Waals surface area contributed by atoms with Crippen molar-refractivity contribution in [1.82, 2.24) is 15.3 Å². The van der Waals surface area contributed by atoms with E-state index in [0.29, 0.717) is 12.3 Å². The van der Waals surface area contributed by atoms with Crippen LogP contribution in [0, 0.1) is 5.41 Å². The second-order valence-corrected chi connectivity index (χ2v) is 5.36. The third-order valence-corrected chi connectivity index (χ3v) is 4.18. The number of nitrogens with zero attached hydrogens (tertiary/aromatic N) is 3. The first-order chi connectivity index (χ1) is 9.21. The summed E-state index contributed by atoms with van der Waals surface area (Å²) in [7, 11) is 1.60. The van der Waals surface area contributed by atoms with Gasteiger partial charge in [-0.15, -0.1) is 0 Å². The van der Waals surface area contributed by atoms with Crippen LogP contribution in [0.5, 0.6) is 5.88 Å². The molecule has 0 saturated carbocycles. The number of carbonyl (C=O) groups excluding carboxylic acids is 1. The van der Waals surface area contributed by atoms with Gasteiger partial charge in [-0.2, -0.15) is 0 Å². The third-order valence-electron chi connectivity index (χ3n) is 4.18. The van der Waals surface area contributed by atoms with Gasteiger partial charge in [0.05, 0.1) is 7.11 Å². The number of amides is 1. The molecular weight excluding hydrogens is 244 g/mol. The van der Waals surface area contributed by atoms with E-state index in [1.54, 1.807) is 7.11 Å². The highest BCUT2D eigenvalue weighted by Gasteiger charge is 2.41. The molecule has 2 aliphatic heterocycles. The Labute approximate surface area is 112 Å². The van der Waals surface area contributed by atoms with Gasteiger partial charge in [0.1, 0.15) is 12.1 Å². The van der Waals surface area contributed by atoms with Crippen LogP contribution >= 0.6 is 0 Å². The van der Waals surface area contributed by atoms with Crippen LogP contribution in [0.2, 0.25) is 0 Å². The van der Waals surface area contributed by atoms with Crippen molar-refractivity contribution >= 4 is 11.7 Å². The number of carbonyl (C=O) groups is 1. The van der Waals surface area contributed by atoms with Crippen LogP contribution in [0.25, 0.3) is 0 Å². The number of nitrogens with one attached hydrogen (secondary N) is 1. The summed E-state index contributed by atoms with van der Waals surface area (Å²) in [4.78, 5) is 21.9. The van der Waals surface area contributed by atoms with E-state index in [1.807, 2.05) is 6.07 Å². The van der Waals surface area contributed by atoms with Gasteiger partial charge in [0.2, 0.25) is 11.8 Å². The fourth-order valence-corrected chi connectivity index (χ4v) is 2.93. The molecule has 102 valence electrons. The molecule has 3 heterocycles. The van der Waals surface area contributed by atoms with E-state index >= 15 is 0 Å². The van der Waals surface area contributed by atoms with Crippen molar-refractivity contribution < 1.29 is 9.53 Å². The Hall–Kier alpha value is -1.85. The number of hydrogen-bond donors (Lipinski definition) is 1. The summed E-state index contributed by atoms with van der Waals surface area (Å²) in [6.07, 6.45) is 4.25. The lowest BCUT2D eigenvalue weighted by Crippen LogP contribution is -2.41. The van der Waals surface area contributed by atoms with Gasteiger partial charge in [-0.3, -0.25) is 4.79 Å². The second kappa shape index (κ2) is 4.68. The minimum atomic E-state index is 0.171. The average Bonchev–Trinajstić information content (AvgIpc) is 2.81. The summed E-state index contributed by atoms with van der Waals surface area (Å²) in [5.41, 5.74) is 0.171. The van der Waals surface area contributed by atoms with Crippen molar-refractivity contribution in [2.45, 2.75) is 19.3 Å². The molecule has 0 aliphatic carbocycles. The van der Waals surface area contributed by atoms with Gasteiger partial charge < -0.3 is 15.0 Å². The van der Waals surface area contributed by atoms with E-state index in [-0.39, 0.29) is 11.3 Å². The molecule has 19 heavy (non-hydrogen) atoms. The molecule has 1 amide bonds. The molecule has 0 atom stereocenters. The highest BCUT2D eigenvalue weighted by Crippen LogP contribution is 2.38. The zero-order chi connectivity index (χ0) is 13.3. The number of rotatable bonds is 2. The summed E-state index contributed by atoms with van der Waals surface area (Å²) in [6, 6.07) is 1.86. The monoisotopic (exact) mass is 262 g/mol. The van der Waals surface area contributed by atoms with Crippen LogP contribution in [0.4, 0.5) is 5.82 Å². The maximum Gasteiger partial charge on any atom is 0.220 e. The van der Waals surface area contributed by atoms with Crippen molar-refractivity contribution in [3.8, 4) is 5.88 Å². The van der Waals surface area contributed by atoms with Gasteiger partial charge in [-0.05, 0) is 18.3 Å². The number of methoxy groups -OCH3 is 1. The number of ether oxygens (including phenoxy) is 1. The van der Waals surface area contributed by atoms with E-state index < -0.39 is 0 Å². The fraction of sp³-hybridized carbons (Fsp3) is 0.615. The van der Waals surface area contributed by atoms with Crippen molar-refractivity contribution in [3.05, 3.63) is 12.4 Å². The first kappa shape index (κ1) is 12.2. The first-order valence-corrected chi connectivity index (χ1v) is 6.58.